The van der Waals surface area contributed by atoms with Crippen LogP contribution in [-0.2, 0) is 16.0 Å². The molecule has 1 N–H and O–H groups in total. The number of benzene rings is 1. The fraction of sp³-hybridized carbons (Fsp3) is 0. The van der Waals surface area contributed by atoms with E-state index < -0.39 is 5.97 Å². The number of rotatable bonds is 1. The first-order valence-electron chi connectivity index (χ1n) is 2.65. The molecule has 0 heterocycles. The van der Waals surface area contributed by atoms with E-state index in [9.17, 15) is 4.79 Å². The van der Waals surface area contributed by atoms with E-state index in [0.29, 0.717) is 4.46 Å². The molecule has 0 aromatic heterocycles. The van der Waals surface area contributed by atoms with Gasteiger partial charge in [0.15, 0.2) is 0 Å². The van der Waals surface area contributed by atoms with Crippen molar-refractivity contribution in [1.82, 2.24) is 0 Å². The molecule has 0 amide bonds. The summed E-state index contributed by atoms with van der Waals surface area (Å²) in [6.07, 6.45) is 0. The Hall–Kier alpha value is -0.791. The van der Waals surface area contributed by atoms with Gasteiger partial charge < -0.3 is 0 Å². The maximum absolute atomic E-state index is 10.3. The Morgan fingerprint density at radius 2 is 1.80 bits per heavy atom. The van der Waals surface area contributed by atoms with E-state index in [1.807, 2.05) is 0 Å². The molecule has 56 valence electrons. The Labute approximate surface area is 66.7 Å². The fourth-order valence-corrected chi connectivity index (χ4v) is 0.737. The van der Waals surface area contributed by atoms with Crippen LogP contribution in [0.3, 0.4) is 0 Å². The van der Waals surface area contributed by atoms with Gasteiger partial charge in [0.1, 0.15) is 0 Å². The van der Waals surface area contributed by atoms with Gasteiger partial charge in [-0.1, -0.05) is 0 Å². The minimum absolute atomic E-state index is 0.269. The third kappa shape index (κ3) is 1.59. The summed E-state index contributed by atoms with van der Waals surface area (Å²) < 4.78 is 0.637. The molecule has 0 aliphatic heterocycles. The van der Waals surface area contributed by atoms with Gasteiger partial charge in [-0.3, -0.25) is 0 Å². The van der Waals surface area contributed by atoms with E-state index >= 15 is 0 Å². The van der Waals surface area contributed by atoms with Crippen LogP contribution in [-0.4, -0.2) is 11.1 Å². The van der Waals surface area contributed by atoms with Gasteiger partial charge in [-0.25, -0.2) is 0 Å². The third-order valence-corrected chi connectivity index (χ3v) is 1.38. The monoisotopic (exact) mass is 184 g/mol. The summed E-state index contributed by atoms with van der Waals surface area (Å²) in [6.45, 7) is 0. The molecule has 0 bridgehead atoms. The number of hydrogen-bond donors (Lipinski definition) is 1. The van der Waals surface area contributed by atoms with E-state index in [1.54, 1.807) is 12.1 Å². The van der Waals surface area contributed by atoms with Crippen LogP contribution in [0.1, 0.15) is 10.4 Å². The maximum atomic E-state index is 10.3. The molecule has 0 fully saturated rings. The summed E-state index contributed by atoms with van der Waals surface area (Å²) in [4.78, 5) is 10.3. The van der Waals surface area contributed by atoms with Gasteiger partial charge in [0.05, 0.1) is 0 Å². The molecule has 3 heteroatoms. The van der Waals surface area contributed by atoms with Gasteiger partial charge in [-0.05, 0) is 0 Å². The summed E-state index contributed by atoms with van der Waals surface area (Å²) in [6, 6.07) is 6.14. The molecule has 0 unspecified atom stereocenters. The number of aromatic carboxylic acids is 1. The standard InChI is InChI=1S/C7H5O2.Cu/c8-7(9)6-4-2-1-3-5-6;/h2-5H,(H,8,9);. The normalized spacial score (nSPS) is 9.40. The van der Waals surface area contributed by atoms with Crippen LogP contribution in [0, 0.1) is 0 Å². The van der Waals surface area contributed by atoms with E-state index in [0.717, 1.165) is 0 Å². The average Bonchev–Trinajstić information content (AvgIpc) is 1.88. The Morgan fingerprint density at radius 1 is 1.30 bits per heavy atom. The zero-order chi connectivity index (χ0) is 7.56. The van der Waals surface area contributed by atoms with Gasteiger partial charge in [0, 0.05) is 0 Å². The first-order chi connectivity index (χ1) is 4.70. The van der Waals surface area contributed by atoms with Crippen molar-refractivity contribution in [1.29, 1.82) is 0 Å². The summed E-state index contributed by atoms with van der Waals surface area (Å²) in [5.74, 6) is -0.924. The molecule has 1 aromatic carbocycles. The number of carboxylic acid groups (broad SMARTS) is 1. The fourth-order valence-electron chi connectivity index (χ4n) is 0.580. The zero-order valence-electron chi connectivity index (χ0n) is 4.97. The third-order valence-electron chi connectivity index (χ3n) is 1.07. The van der Waals surface area contributed by atoms with Crippen molar-refractivity contribution < 1.29 is 25.9 Å². The molecule has 0 aliphatic carbocycles. The first kappa shape index (κ1) is 7.32. The second kappa shape index (κ2) is 2.86. The molecule has 0 radical (unpaired) electrons. The SMILES string of the molecule is O=C(O)c1cc[c]([Cu])cc1. The first-order valence-corrected chi connectivity index (χ1v) is 3.12. The van der Waals surface area contributed by atoms with Crippen molar-refractivity contribution >= 4 is 10.4 Å². The summed E-state index contributed by atoms with van der Waals surface area (Å²) >= 11 is 4.91. The molecule has 10 heavy (non-hydrogen) atoms. The van der Waals surface area contributed by atoms with Gasteiger partial charge in [0.25, 0.3) is 0 Å². The Morgan fingerprint density at radius 3 is 2.20 bits per heavy atom. The van der Waals surface area contributed by atoms with Crippen LogP contribution in [0.5, 0.6) is 0 Å². The molecular weight excluding hydrogens is 180 g/mol. The van der Waals surface area contributed by atoms with Crippen LogP contribution < -0.4 is 4.46 Å². The molecular formula is C7H5CuO2. The number of carbonyl (C=O) groups is 1. The second-order valence-electron chi connectivity index (χ2n) is 1.77. The van der Waals surface area contributed by atoms with Crippen molar-refractivity contribution in [3.8, 4) is 0 Å². The number of hydrogen-bond acceptors (Lipinski definition) is 1. The molecule has 0 spiro atoms. The topological polar surface area (TPSA) is 37.3 Å². The van der Waals surface area contributed by atoms with Crippen molar-refractivity contribution in [2.75, 3.05) is 0 Å². The molecule has 2 nitrogen and oxygen atoms in total. The molecule has 0 aliphatic rings. The van der Waals surface area contributed by atoms with E-state index in [1.165, 1.54) is 12.1 Å². The molecule has 1 rings (SSSR count). The van der Waals surface area contributed by atoms with Gasteiger partial charge in [0.2, 0.25) is 0 Å². The molecule has 1 aromatic rings. The van der Waals surface area contributed by atoms with Gasteiger partial charge in [-0.15, -0.1) is 0 Å². The molecule has 0 saturated heterocycles. The summed E-state index contributed by atoms with van der Waals surface area (Å²) in [7, 11) is 0. The van der Waals surface area contributed by atoms with Crippen molar-refractivity contribution in [2.24, 2.45) is 0 Å². The van der Waals surface area contributed by atoms with Gasteiger partial charge in [-0.2, -0.15) is 0 Å². The van der Waals surface area contributed by atoms with Gasteiger partial charge >= 0.3 is 66.2 Å². The molecule has 0 atom stereocenters. The minimum atomic E-state index is -0.924. The van der Waals surface area contributed by atoms with Crippen LogP contribution in [0.4, 0.5) is 0 Å². The summed E-state index contributed by atoms with van der Waals surface area (Å²) in [5, 5.41) is 8.44. The van der Waals surface area contributed by atoms with Crippen LogP contribution in [0.25, 0.3) is 0 Å². The van der Waals surface area contributed by atoms with Crippen LogP contribution >= 0.6 is 0 Å². The van der Waals surface area contributed by atoms with Crippen molar-refractivity contribution in [3.05, 3.63) is 29.8 Å². The summed E-state index contributed by atoms with van der Waals surface area (Å²) in [5.41, 5.74) is 0.269. The quantitative estimate of drug-likeness (QED) is 0.648. The Kier molecular flexibility index (Phi) is 2.09. The van der Waals surface area contributed by atoms with E-state index in [4.69, 9.17) is 21.1 Å². The van der Waals surface area contributed by atoms with Crippen molar-refractivity contribution in [3.63, 3.8) is 0 Å². The second-order valence-corrected chi connectivity index (χ2v) is 2.31. The Bertz CT molecular complexity index is 240. The van der Waals surface area contributed by atoms with Crippen LogP contribution in [0.2, 0.25) is 0 Å². The van der Waals surface area contributed by atoms with E-state index in [2.05, 4.69) is 0 Å². The molecule has 0 saturated carbocycles. The zero-order valence-corrected chi connectivity index (χ0v) is 5.91. The number of carboxylic acids is 1. The van der Waals surface area contributed by atoms with E-state index in [-0.39, 0.29) is 5.56 Å². The predicted octanol–water partition coefficient (Wildman–Crippen LogP) is 0.557. The van der Waals surface area contributed by atoms with Crippen LogP contribution in [0.15, 0.2) is 24.3 Å². The predicted molar refractivity (Wildman–Crippen MR) is 33.0 cm³/mol. The Balaban J connectivity index is 3.00. The van der Waals surface area contributed by atoms with Crippen molar-refractivity contribution in [2.45, 2.75) is 0 Å². The average molecular weight is 185 g/mol.